The summed E-state index contributed by atoms with van der Waals surface area (Å²) in [5.41, 5.74) is 16.6. The monoisotopic (exact) mass is 1110 g/mol. The summed E-state index contributed by atoms with van der Waals surface area (Å²) in [6, 6.07) is 31.9. The fourth-order valence-corrected chi connectivity index (χ4v) is 30.8. The number of rotatable bonds is 14. The Kier molecular flexibility index (Phi) is 21.9. The van der Waals surface area contributed by atoms with Crippen LogP contribution in [0.15, 0.2) is 103 Å². The van der Waals surface area contributed by atoms with Crippen LogP contribution in [0.2, 0.25) is 56.9 Å². The van der Waals surface area contributed by atoms with Crippen LogP contribution >= 0.6 is 0 Å². The predicted octanol–water partition coefficient (Wildman–Crippen LogP) is 17.2. The van der Waals surface area contributed by atoms with Gasteiger partial charge in [-0.1, -0.05) is 267 Å². The van der Waals surface area contributed by atoms with E-state index in [9.17, 15) is 0 Å². The zero-order valence-electron chi connectivity index (χ0n) is 54.0. The van der Waals surface area contributed by atoms with Crippen molar-refractivity contribution in [3.8, 4) is 0 Å². The smallest absolute Gasteiger partial charge is 0.0791 e. The van der Waals surface area contributed by atoms with Gasteiger partial charge in [0, 0.05) is 0 Å². The van der Waals surface area contributed by atoms with Crippen LogP contribution in [-0.4, -0.2) is 24.2 Å². The van der Waals surface area contributed by atoms with E-state index in [1.165, 1.54) is 77.1 Å². The van der Waals surface area contributed by atoms with E-state index in [4.69, 9.17) is 0 Å². The van der Waals surface area contributed by atoms with Crippen molar-refractivity contribution in [3.05, 3.63) is 137 Å². The molecule has 0 bridgehead atoms. The van der Waals surface area contributed by atoms with Crippen LogP contribution in [0.25, 0.3) is 28.0 Å². The molecular weight excluding hydrogens is 999 g/mol. The van der Waals surface area contributed by atoms with Crippen LogP contribution in [0.5, 0.6) is 0 Å². The largest absolute Gasteiger partial charge is 1.00 e. The molecule has 0 N–H and O–H groups in total. The number of allylic oxidation sites excluding steroid dienone is 5. The van der Waals surface area contributed by atoms with Crippen molar-refractivity contribution in [1.29, 1.82) is 0 Å². The third-order valence-corrected chi connectivity index (χ3v) is 35.6. The molecule has 422 valence electrons. The molecule has 0 saturated heterocycles. The van der Waals surface area contributed by atoms with E-state index < -0.39 is 24.2 Å². The predicted molar refractivity (Wildman–Crippen MR) is 353 cm³/mol. The minimum Gasteiger partial charge on any atom is -0.0791 e. The second-order valence-electron chi connectivity index (χ2n) is 30.1. The molecule has 0 aromatic heterocycles. The summed E-state index contributed by atoms with van der Waals surface area (Å²) in [7, 11) is -4.08. The summed E-state index contributed by atoms with van der Waals surface area (Å²) in [6.07, 6.45) is 38.9. The van der Waals surface area contributed by atoms with Gasteiger partial charge in [-0.15, -0.1) is 0 Å². The van der Waals surface area contributed by atoms with Crippen LogP contribution in [-0.2, 0) is 0 Å². The zero-order valence-corrected chi connectivity index (χ0v) is 57.0. The topological polar surface area (TPSA) is 0 Å². The van der Waals surface area contributed by atoms with E-state index in [0.717, 1.165) is 47.3 Å². The molecule has 0 radical (unpaired) electrons. The van der Waals surface area contributed by atoms with Gasteiger partial charge >= 0.3 is 37.7 Å². The number of hydrogen-bond acceptors (Lipinski definition) is 0. The molecule has 12 rings (SSSR count). The molecule has 8 aliphatic carbocycles. The summed E-state index contributed by atoms with van der Waals surface area (Å²) in [4.78, 5) is 0. The van der Waals surface area contributed by atoms with E-state index in [1.807, 2.05) is 0 Å². The van der Waals surface area contributed by atoms with Gasteiger partial charge in [0.2, 0.25) is 0 Å². The normalized spacial score (nSPS) is 30.2. The minimum absolute atomic E-state index is 0. The molecule has 4 aromatic rings. The molecule has 8 aliphatic rings. The Morgan fingerprint density at radius 2 is 1.00 bits per heavy atom. The van der Waals surface area contributed by atoms with Crippen molar-refractivity contribution >= 4 is 52.2 Å². The Bertz CT molecular complexity index is 2770. The molecule has 4 aromatic carbocycles. The summed E-state index contributed by atoms with van der Waals surface area (Å²) in [5.74, 6) is 10.3. The van der Waals surface area contributed by atoms with Crippen LogP contribution < -0.4 is 37.7 Å². The van der Waals surface area contributed by atoms with E-state index in [-0.39, 0.29) is 37.7 Å². The van der Waals surface area contributed by atoms with Gasteiger partial charge in [-0.2, -0.15) is 0 Å². The van der Waals surface area contributed by atoms with Crippen molar-refractivity contribution in [2.24, 2.45) is 59.2 Å². The molecule has 0 aliphatic heterocycles. The summed E-state index contributed by atoms with van der Waals surface area (Å²) in [6.45, 7) is 32.9. The average molecular weight is 1110 g/mol. The molecule has 0 heterocycles. The van der Waals surface area contributed by atoms with Crippen LogP contribution in [0.3, 0.4) is 0 Å². The Labute approximate surface area is 518 Å². The maximum Gasteiger partial charge on any atom is 1.00 e. The first-order chi connectivity index (χ1) is 37.5. The first-order valence-electron chi connectivity index (χ1n) is 33.3. The fraction of sp³-hybridized carbons (Fsp3) is 0.627. The van der Waals surface area contributed by atoms with Crippen molar-refractivity contribution in [3.63, 3.8) is 0 Å². The van der Waals surface area contributed by atoms with Crippen molar-refractivity contribution in [2.75, 3.05) is 0 Å². The molecule has 15 atom stereocenters. The number of fused-ring (bicyclic) bond motifs is 9. The van der Waals surface area contributed by atoms with Crippen LogP contribution in [0.4, 0.5) is 0 Å². The maximum atomic E-state index is 2.91. The molecular formula is C75H110Li2Si3+2. The maximum absolute atomic E-state index is 2.91. The van der Waals surface area contributed by atoms with Crippen LogP contribution in [0, 0.1) is 59.2 Å². The van der Waals surface area contributed by atoms with Gasteiger partial charge in [0.05, 0.1) is 24.2 Å². The van der Waals surface area contributed by atoms with Gasteiger partial charge < -0.3 is 0 Å². The van der Waals surface area contributed by atoms with Gasteiger partial charge in [0.25, 0.3) is 0 Å². The van der Waals surface area contributed by atoms with Gasteiger partial charge in [-0.25, -0.2) is 0 Å². The van der Waals surface area contributed by atoms with Gasteiger partial charge in [-0.3, -0.25) is 0 Å². The second kappa shape index (κ2) is 27.3. The third-order valence-electron chi connectivity index (χ3n) is 23.9. The van der Waals surface area contributed by atoms with Gasteiger partial charge in [-0.05, 0) is 194 Å². The molecule has 80 heavy (non-hydrogen) atoms. The Morgan fingerprint density at radius 1 is 0.463 bits per heavy atom. The SMILES string of the molecule is CCCC(C)C1=CC([Si](C)(C)C)c2ccccc21.CCCC(C)C1=CC([Si](C)(C)C2C=Cc3c2ccc2ccccc32)c2ccccc21.CCCC(C)C1CC([Si](C)(C)C2CCC3C4CCCCC4CCC32)C2CCCCC12.[Li+].[Li+]. The van der Waals surface area contributed by atoms with E-state index in [1.54, 1.807) is 111 Å². The summed E-state index contributed by atoms with van der Waals surface area (Å²) < 4.78 is 0. The van der Waals surface area contributed by atoms with Crippen molar-refractivity contribution in [2.45, 2.75) is 237 Å². The molecule has 0 spiro atoms. The Morgan fingerprint density at radius 3 is 1.64 bits per heavy atom. The van der Waals surface area contributed by atoms with Gasteiger partial charge in [0.1, 0.15) is 0 Å². The van der Waals surface area contributed by atoms with Gasteiger partial charge in [0.15, 0.2) is 0 Å². The molecule has 0 nitrogen and oxygen atoms in total. The fourth-order valence-electron chi connectivity index (χ4n) is 19.9. The quantitative estimate of drug-likeness (QED) is 0.110. The molecule has 15 unspecified atom stereocenters. The molecule has 5 heteroatoms. The Balaban J connectivity index is 0.000000161. The molecule has 5 fully saturated rings. The molecule has 0 amide bonds. The molecule has 5 saturated carbocycles. The van der Waals surface area contributed by atoms with Crippen molar-refractivity contribution < 1.29 is 37.7 Å². The zero-order chi connectivity index (χ0) is 55.1. The van der Waals surface area contributed by atoms with Crippen molar-refractivity contribution in [1.82, 2.24) is 0 Å². The number of hydrogen-bond donors (Lipinski definition) is 0. The second-order valence-corrected chi connectivity index (χ2v) is 45.4. The summed E-state index contributed by atoms with van der Waals surface area (Å²) in [5, 5.41) is 2.75. The summed E-state index contributed by atoms with van der Waals surface area (Å²) >= 11 is 0. The average Bonchev–Trinajstić information content (AvgIpc) is 4.29. The van der Waals surface area contributed by atoms with E-state index in [2.05, 4.69) is 197 Å². The van der Waals surface area contributed by atoms with Crippen LogP contribution in [0.1, 0.15) is 214 Å². The third kappa shape index (κ3) is 12.7. The van der Waals surface area contributed by atoms with E-state index >= 15 is 0 Å². The van der Waals surface area contributed by atoms with E-state index in [0.29, 0.717) is 28.5 Å². The minimum atomic E-state index is -1.70. The first kappa shape index (κ1) is 64.2. The first-order valence-corrected chi connectivity index (χ1v) is 43.2. The number of benzene rings is 4. The Hall–Kier alpha value is -1.79. The standard InChI is InChI=1S/C29H52Si.C29H32Si.C17H26Si.2Li/c2*1-5-10-20(2)27-19-29(25-14-9-8-13-23(25)27)30(3,4)28-18-17-24-22-12-7-6-11-21(22)15-16-26(24)28;1-6-9-13(2)16-12-17(18(3,4)5)15-11-8-7-10-14(15)16;;/h20-29H,5-19H2,1-4H3;6-9,11-20,28-29H,5,10H2,1-4H3;7-8,10-13,17H,6,9H2,1-5H3;;/q;;;2*+1.